The Morgan fingerprint density at radius 1 is 1.24 bits per heavy atom. The van der Waals surface area contributed by atoms with Crippen molar-refractivity contribution in [1.29, 1.82) is 0 Å². The zero-order valence-corrected chi connectivity index (χ0v) is 14.5. The summed E-state index contributed by atoms with van der Waals surface area (Å²) in [6.07, 6.45) is 7.55. The van der Waals surface area contributed by atoms with Crippen LogP contribution >= 0.6 is 0 Å². The van der Waals surface area contributed by atoms with Crippen molar-refractivity contribution in [1.82, 2.24) is 10.2 Å². The van der Waals surface area contributed by atoms with Gasteiger partial charge in [0, 0.05) is 18.5 Å². The maximum Gasteiger partial charge on any atom is 0.220 e. The Hall–Kier alpha value is -0.610. The first-order valence-corrected chi connectivity index (χ1v) is 8.55. The molecule has 0 heterocycles. The van der Waals surface area contributed by atoms with Crippen LogP contribution in [0, 0.1) is 11.8 Å². The number of nitrogens with zero attached hydrogens (tertiary/aromatic N) is 1. The highest BCUT2D eigenvalue weighted by Gasteiger charge is 2.36. The molecule has 4 nitrogen and oxygen atoms in total. The van der Waals surface area contributed by atoms with Crippen molar-refractivity contribution in [2.24, 2.45) is 17.6 Å². The summed E-state index contributed by atoms with van der Waals surface area (Å²) in [5.41, 5.74) is 5.84. The third kappa shape index (κ3) is 5.59. The lowest BCUT2D eigenvalue weighted by molar-refractivity contribution is -0.122. The molecule has 1 unspecified atom stereocenters. The summed E-state index contributed by atoms with van der Waals surface area (Å²) >= 11 is 0. The van der Waals surface area contributed by atoms with E-state index in [1.807, 2.05) is 0 Å². The second-order valence-electron chi connectivity index (χ2n) is 7.22. The van der Waals surface area contributed by atoms with Gasteiger partial charge in [0.25, 0.3) is 0 Å². The van der Waals surface area contributed by atoms with Gasteiger partial charge in [-0.15, -0.1) is 0 Å². The number of carbonyl (C=O) groups excluding carboxylic acids is 1. The SMILES string of the molecule is CC(C)C(CCN)CCC(=O)NCC1(N(C)C)CCCC1. The van der Waals surface area contributed by atoms with Gasteiger partial charge in [-0.25, -0.2) is 0 Å². The number of rotatable bonds is 9. The molecule has 124 valence electrons. The monoisotopic (exact) mass is 297 g/mol. The predicted molar refractivity (Wildman–Crippen MR) is 89.1 cm³/mol. The number of hydrogen-bond donors (Lipinski definition) is 2. The molecule has 0 spiro atoms. The Bertz CT molecular complexity index is 309. The Kier molecular flexibility index (Phi) is 7.67. The average molecular weight is 297 g/mol. The Balaban J connectivity index is 2.36. The summed E-state index contributed by atoms with van der Waals surface area (Å²) in [6.45, 7) is 5.95. The van der Waals surface area contributed by atoms with E-state index in [0.29, 0.717) is 24.8 Å². The van der Waals surface area contributed by atoms with Crippen LogP contribution in [0.5, 0.6) is 0 Å². The van der Waals surface area contributed by atoms with Gasteiger partial charge < -0.3 is 16.0 Å². The first-order chi connectivity index (χ1) is 9.91. The second-order valence-corrected chi connectivity index (χ2v) is 7.22. The quantitative estimate of drug-likeness (QED) is 0.687. The first kappa shape index (κ1) is 18.4. The summed E-state index contributed by atoms with van der Waals surface area (Å²) in [6, 6.07) is 0. The van der Waals surface area contributed by atoms with Crippen molar-refractivity contribution in [3.8, 4) is 0 Å². The van der Waals surface area contributed by atoms with Crippen LogP contribution in [0.4, 0.5) is 0 Å². The van der Waals surface area contributed by atoms with E-state index in [9.17, 15) is 4.79 Å². The van der Waals surface area contributed by atoms with Crippen molar-refractivity contribution in [2.75, 3.05) is 27.2 Å². The van der Waals surface area contributed by atoms with Gasteiger partial charge in [0.1, 0.15) is 0 Å². The number of amides is 1. The summed E-state index contributed by atoms with van der Waals surface area (Å²) in [5.74, 6) is 1.37. The zero-order chi connectivity index (χ0) is 15.9. The molecule has 1 rings (SSSR count). The summed E-state index contributed by atoms with van der Waals surface area (Å²) in [4.78, 5) is 14.4. The van der Waals surface area contributed by atoms with E-state index < -0.39 is 0 Å². The Morgan fingerprint density at radius 2 is 1.86 bits per heavy atom. The van der Waals surface area contributed by atoms with Crippen molar-refractivity contribution >= 4 is 5.91 Å². The van der Waals surface area contributed by atoms with Crippen molar-refractivity contribution in [3.05, 3.63) is 0 Å². The van der Waals surface area contributed by atoms with E-state index in [-0.39, 0.29) is 11.4 Å². The minimum absolute atomic E-state index is 0.185. The Morgan fingerprint density at radius 3 is 2.33 bits per heavy atom. The molecule has 0 aromatic carbocycles. The van der Waals surface area contributed by atoms with Crippen LogP contribution in [0.25, 0.3) is 0 Å². The van der Waals surface area contributed by atoms with Crippen molar-refractivity contribution in [3.63, 3.8) is 0 Å². The highest BCUT2D eigenvalue weighted by Crippen LogP contribution is 2.33. The molecule has 1 aliphatic rings. The molecule has 0 aromatic heterocycles. The molecule has 1 saturated carbocycles. The van der Waals surface area contributed by atoms with E-state index >= 15 is 0 Å². The topological polar surface area (TPSA) is 58.4 Å². The molecule has 4 heteroatoms. The fraction of sp³-hybridized carbons (Fsp3) is 0.941. The molecule has 1 fully saturated rings. The minimum Gasteiger partial charge on any atom is -0.354 e. The fourth-order valence-electron chi connectivity index (χ4n) is 3.51. The lowest BCUT2D eigenvalue weighted by Crippen LogP contribution is -2.50. The number of nitrogens with one attached hydrogen (secondary N) is 1. The predicted octanol–water partition coefficient (Wildman–Crippen LogP) is 2.38. The third-order valence-corrected chi connectivity index (χ3v) is 5.32. The summed E-state index contributed by atoms with van der Waals surface area (Å²) in [5, 5.41) is 3.17. The molecule has 1 atom stereocenters. The normalized spacial score (nSPS) is 19.2. The van der Waals surface area contributed by atoms with Crippen LogP contribution in [0.1, 0.15) is 58.8 Å². The summed E-state index contributed by atoms with van der Waals surface area (Å²) in [7, 11) is 4.26. The van der Waals surface area contributed by atoms with Gasteiger partial charge in [-0.05, 0) is 58.2 Å². The van der Waals surface area contributed by atoms with E-state index in [2.05, 4.69) is 38.2 Å². The third-order valence-electron chi connectivity index (χ3n) is 5.32. The lowest BCUT2D eigenvalue weighted by atomic mass is 9.88. The number of nitrogens with two attached hydrogens (primary N) is 1. The van der Waals surface area contributed by atoms with Crippen molar-refractivity contribution in [2.45, 2.75) is 64.3 Å². The van der Waals surface area contributed by atoms with Gasteiger partial charge in [-0.2, -0.15) is 0 Å². The molecular formula is C17H35N3O. The molecule has 1 amide bonds. The van der Waals surface area contributed by atoms with Gasteiger partial charge >= 0.3 is 0 Å². The molecule has 0 aliphatic heterocycles. The molecule has 1 aliphatic carbocycles. The minimum atomic E-state index is 0.185. The van der Waals surface area contributed by atoms with Crippen LogP contribution < -0.4 is 11.1 Å². The van der Waals surface area contributed by atoms with E-state index in [0.717, 1.165) is 19.4 Å². The van der Waals surface area contributed by atoms with Crippen LogP contribution in [0.3, 0.4) is 0 Å². The standard InChI is InChI=1S/C17H35N3O/c1-14(2)15(9-12-18)7-8-16(21)19-13-17(20(3)4)10-5-6-11-17/h14-15H,5-13,18H2,1-4H3,(H,19,21). The molecule has 3 N–H and O–H groups in total. The van der Waals surface area contributed by atoms with E-state index in [1.54, 1.807) is 0 Å². The van der Waals surface area contributed by atoms with E-state index in [4.69, 9.17) is 5.73 Å². The number of hydrogen-bond acceptors (Lipinski definition) is 3. The zero-order valence-electron chi connectivity index (χ0n) is 14.5. The highest BCUT2D eigenvalue weighted by atomic mass is 16.1. The molecule has 0 aromatic rings. The van der Waals surface area contributed by atoms with Gasteiger partial charge in [0.15, 0.2) is 0 Å². The smallest absolute Gasteiger partial charge is 0.220 e. The summed E-state index contributed by atoms with van der Waals surface area (Å²) < 4.78 is 0. The molecule has 0 bridgehead atoms. The van der Waals surface area contributed by atoms with Gasteiger partial charge in [0.05, 0.1) is 0 Å². The van der Waals surface area contributed by atoms with Gasteiger partial charge in [-0.1, -0.05) is 26.7 Å². The van der Waals surface area contributed by atoms with Crippen LogP contribution in [-0.4, -0.2) is 43.5 Å². The second kappa shape index (κ2) is 8.74. The van der Waals surface area contributed by atoms with Crippen LogP contribution in [0.2, 0.25) is 0 Å². The lowest BCUT2D eigenvalue weighted by Gasteiger charge is -2.36. The van der Waals surface area contributed by atoms with Crippen molar-refractivity contribution < 1.29 is 4.79 Å². The largest absolute Gasteiger partial charge is 0.354 e. The molecule has 0 saturated heterocycles. The van der Waals surface area contributed by atoms with Crippen LogP contribution in [-0.2, 0) is 4.79 Å². The highest BCUT2D eigenvalue weighted by molar-refractivity contribution is 5.75. The van der Waals surface area contributed by atoms with Crippen LogP contribution in [0.15, 0.2) is 0 Å². The molecular weight excluding hydrogens is 262 g/mol. The number of carbonyl (C=O) groups is 1. The molecule has 0 radical (unpaired) electrons. The van der Waals surface area contributed by atoms with E-state index in [1.165, 1.54) is 25.7 Å². The Labute approximate surface area is 130 Å². The first-order valence-electron chi connectivity index (χ1n) is 8.55. The maximum atomic E-state index is 12.1. The van der Waals surface area contributed by atoms with Gasteiger partial charge in [0.2, 0.25) is 5.91 Å². The van der Waals surface area contributed by atoms with Gasteiger partial charge in [-0.3, -0.25) is 4.79 Å². The fourth-order valence-corrected chi connectivity index (χ4v) is 3.51. The molecule has 21 heavy (non-hydrogen) atoms. The number of likely N-dealkylation sites (N-methyl/N-ethyl adjacent to an activating group) is 1. The maximum absolute atomic E-state index is 12.1. The average Bonchev–Trinajstić information content (AvgIpc) is 2.91.